The van der Waals surface area contributed by atoms with Gasteiger partial charge in [-0.3, -0.25) is 4.79 Å². The van der Waals surface area contributed by atoms with Crippen LogP contribution in [0.4, 0.5) is 0 Å². The standard InChI is InChI=1S/C19H23N3O2/c1-20-14-5-3-2-4-13(14)18-15(20)10-17(23)22(19(18)24)16-11-21-8-6-12(16)7-9-21/h2-5,12,16-17,23H,6-11H2,1H3. The molecular weight excluding hydrogens is 302 g/mol. The molecule has 0 aliphatic carbocycles. The number of amides is 1. The molecule has 4 aliphatic heterocycles. The molecule has 0 spiro atoms. The number of hydrogen-bond acceptors (Lipinski definition) is 3. The topological polar surface area (TPSA) is 48.7 Å². The van der Waals surface area contributed by atoms with Crippen LogP contribution in [0.1, 0.15) is 28.9 Å². The molecule has 3 saturated heterocycles. The highest BCUT2D eigenvalue weighted by Crippen LogP contribution is 2.37. The molecule has 0 radical (unpaired) electrons. The van der Waals surface area contributed by atoms with E-state index in [1.165, 1.54) is 0 Å². The zero-order chi connectivity index (χ0) is 16.4. The minimum atomic E-state index is -0.710. The van der Waals surface area contributed by atoms with Crippen LogP contribution in [-0.2, 0) is 13.5 Å². The summed E-state index contributed by atoms with van der Waals surface area (Å²) in [6.45, 7) is 3.19. The SMILES string of the molecule is Cn1c2c(c3ccccc31)C(=O)N(C1CN3CCC1CC3)C(O)C2. The van der Waals surface area contributed by atoms with E-state index in [0.717, 1.165) is 54.6 Å². The highest BCUT2D eigenvalue weighted by molar-refractivity contribution is 6.09. The second-order valence-electron chi connectivity index (χ2n) is 7.50. The molecule has 5 heteroatoms. The Hall–Kier alpha value is -1.85. The first-order chi connectivity index (χ1) is 11.6. The highest BCUT2D eigenvalue weighted by Gasteiger charge is 2.45. The van der Waals surface area contributed by atoms with Crippen molar-refractivity contribution in [1.82, 2.24) is 14.4 Å². The Morgan fingerprint density at radius 2 is 1.92 bits per heavy atom. The molecule has 24 heavy (non-hydrogen) atoms. The maximum absolute atomic E-state index is 13.4. The molecule has 1 aromatic carbocycles. The lowest BCUT2D eigenvalue weighted by molar-refractivity contribution is -0.0653. The third-order valence-electron chi connectivity index (χ3n) is 6.35. The van der Waals surface area contributed by atoms with Gasteiger partial charge in [-0.05, 0) is 37.9 Å². The number of carbonyl (C=O) groups excluding carboxylic acids is 1. The predicted molar refractivity (Wildman–Crippen MR) is 91.8 cm³/mol. The van der Waals surface area contributed by atoms with Gasteiger partial charge in [-0.15, -0.1) is 0 Å². The molecule has 2 aromatic rings. The third-order valence-corrected chi connectivity index (χ3v) is 6.35. The number of para-hydroxylation sites is 1. The lowest BCUT2D eigenvalue weighted by Gasteiger charge is -2.51. The van der Waals surface area contributed by atoms with Crippen LogP contribution in [0.5, 0.6) is 0 Å². The number of aryl methyl sites for hydroxylation is 1. The maximum Gasteiger partial charge on any atom is 0.258 e. The van der Waals surface area contributed by atoms with Crippen molar-refractivity contribution in [2.75, 3.05) is 19.6 Å². The Balaban J connectivity index is 1.61. The van der Waals surface area contributed by atoms with Crippen molar-refractivity contribution in [3.8, 4) is 0 Å². The molecule has 1 aromatic heterocycles. The summed E-state index contributed by atoms with van der Waals surface area (Å²) in [5, 5.41) is 11.8. The average molecular weight is 325 g/mol. The summed E-state index contributed by atoms with van der Waals surface area (Å²) in [6.07, 6.45) is 2.10. The lowest BCUT2D eigenvalue weighted by Crippen LogP contribution is -2.62. The second kappa shape index (κ2) is 5.07. The Labute approximate surface area is 141 Å². The van der Waals surface area contributed by atoms with Gasteiger partial charge in [-0.2, -0.15) is 0 Å². The number of piperidine rings is 3. The van der Waals surface area contributed by atoms with Crippen LogP contribution in [0.15, 0.2) is 24.3 Å². The van der Waals surface area contributed by atoms with Gasteiger partial charge in [-0.25, -0.2) is 0 Å². The summed E-state index contributed by atoms with van der Waals surface area (Å²) in [5.74, 6) is 0.546. The molecule has 1 amide bonds. The minimum absolute atomic E-state index is 0.0132. The van der Waals surface area contributed by atoms with Gasteiger partial charge in [-0.1, -0.05) is 18.2 Å². The number of aromatic nitrogens is 1. The lowest BCUT2D eigenvalue weighted by atomic mass is 9.82. The summed E-state index contributed by atoms with van der Waals surface area (Å²) in [6, 6.07) is 8.21. The monoisotopic (exact) mass is 325 g/mol. The van der Waals surface area contributed by atoms with E-state index < -0.39 is 6.23 Å². The Morgan fingerprint density at radius 3 is 2.62 bits per heavy atom. The second-order valence-corrected chi connectivity index (χ2v) is 7.50. The normalized spacial score (nSPS) is 32.4. The fourth-order valence-corrected chi connectivity index (χ4v) is 5.08. The van der Waals surface area contributed by atoms with Gasteiger partial charge in [0.2, 0.25) is 0 Å². The van der Waals surface area contributed by atoms with E-state index in [-0.39, 0.29) is 11.9 Å². The summed E-state index contributed by atoms with van der Waals surface area (Å²) in [5.41, 5.74) is 2.83. The van der Waals surface area contributed by atoms with E-state index in [1.807, 2.05) is 31.3 Å². The van der Waals surface area contributed by atoms with Crippen LogP contribution in [0, 0.1) is 5.92 Å². The van der Waals surface area contributed by atoms with Crippen molar-refractivity contribution in [1.29, 1.82) is 0 Å². The predicted octanol–water partition coefficient (Wildman–Crippen LogP) is 1.59. The van der Waals surface area contributed by atoms with Crippen LogP contribution in [0.2, 0.25) is 0 Å². The summed E-state index contributed by atoms with van der Waals surface area (Å²) in [4.78, 5) is 17.6. The number of carbonyl (C=O) groups is 1. The van der Waals surface area contributed by atoms with E-state index in [4.69, 9.17) is 0 Å². The molecule has 2 unspecified atom stereocenters. The number of hydrogen-bond donors (Lipinski definition) is 1. The van der Waals surface area contributed by atoms with Gasteiger partial charge < -0.3 is 19.5 Å². The first kappa shape index (κ1) is 14.5. The van der Waals surface area contributed by atoms with Crippen LogP contribution in [-0.4, -0.2) is 57.3 Å². The average Bonchev–Trinajstić information content (AvgIpc) is 2.89. The molecule has 5 heterocycles. The van der Waals surface area contributed by atoms with Gasteiger partial charge in [0, 0.05) is 36.6 Å². The van der Waals surface area contributed by atoms with Gasteiger partial charge in [0.15, 0.2) is 0 Å². The Kier molecular flexibility index (Phi) is 3.06. The van der Waals surface area contributed by atoms with E-state index in [2.05, 4.69) is 9.47 Å². The Morgan fingerprint density at radius 1 is 1.17 bits per heavy atom. The van der Waals surface area contributed by atoms with Crippen LogP contribution in [0.25, 0.3) is 10.9 Å². The largest absolute Gasteiger partial charge is 0.373 e. The van der Waals surface area contributed by atoms with E-state index in [0.29, 0.717) is 12.3 Å². The first-order valence-electron chi connectivity index (χ1n) is 8.94. The summed E-state index contributed by atoms with van der Waals surface area (Å²) in [7, 11) is 1.99. The van der Waals surface area contributed by atoms with E-state index in [1.54, 1.807) is 4.90 Å². The highest BCUT2D eigenvalue weighted by atomic mass is 16.3. The van der Waals surface area contributed by atoms with Gasteiger partial charge in [0.1, 0.15) is 6.23 Å². The smallest absolute Gasteiger partial charge is 0.258 e. The molecular formula is C19H23N3O2. The third kappa shape index (κ3) is 1.85. The van der Waals surface area contributed by atoms with Crippen LogP contribution in [0.3, 0.4) is 0 Å². The quantitative estimate of drug-likeness (QED) is 0.866. The number of aliphatic hydroxyl groups excluding tert-OH is 1. The number of nitrogens with zero attached hydrogens (tertiary/aromatic N) is 3. The number of rotatable bonds is 1. The first-order valence-corrected chi connectivity index (χ1v) is 8.94. The fourth-order valence-electron chi connectivity index (χ4n) is 5.08. The summed E-state index contributed by atoms with van der Waals surface area (Å²) >= 11 is 0. The number of benzene rings is 1. The molecule has 0 saturated carbocycles. The van der Waals surface area contributed by atoms with Gasteiger partial charge in [0.25, 0.3) is 5.91 Å². The molecule has 3 fully saturated rings. The van der Waals surface area contributed by atoms with Gasteiger partial charge in [0.05, 0.1) is 11.6 Å². The van der Waals surface area contributed by atoms with Crippen molar-refractivity contribution in [3.63, 3.8) is 0 Å². The van der Waals surface area contributed by atoms with Crippen molar-refractivity contribution in [2.45, 2.75) is 31.5 Å². The Bertz CT molecular complexity index is 819. The van der Waals surface area contributed by atoms with Crippen molar-refractivity contribution in [3.05, 3.63) is 35.5 Å². The molecule has 6 rings (SSSR count). The van der Waals surface area contributed by atoms with Crippen molar-refractivity contribution in [2.24, 2.45) is 13.0 Å². The van der Waals surface area contributed by atoms with Crippen LogP contribution < -0.4 is 0 Å². The minimum Gasteiger partial charge on any atom is -0.373 e. The zero-order valence-electron chi connectivity index (χ0n) is 14.0. The van der Waals surface area contributed by atoms with Crippen molar-refractivity contribution >= 4 is 16.8 Å². The maximum atomic E-state index is 13.4. The van der Waals surface area contributed by atoms with Crippen LogP contribution >= 0.6 is 0 Å². The molecule has 2 bridgehead atoms. The van der Waals surface area contributed by atoms with E-state index >= 15 is 0 Å². The fraction of sp³-hybridized carbons (Fsp3) is 0.526. The zero-order valence-corrected chi connectivity index (χ0v) is 14.0. The van der Waals surface area contributed by atoms with E-state index in [9.17, 15) is 9.90 Å². The van der Waals surface area contributed by atoms with Crippen molar-refractivity contribution < 1.29 is 9.90 Å². The molecule has 4 aliphatic rings. The van der Waals surface area contributed by atoms with Gasteiger partial charge >= 0.3 is 0 Å². The number of aliphatic hydroxyl groups is 1. The summed E-state index contributed by atoms with van der Waals surface area (Å²) < 4.78 is 2.07. The molecule has 1 N–H and O–H groups in total. The molecule has 126 valence electrons. The number of fused-ring (bicyclic) bond motifs is 6. The molecule has 2 atom stereocenters. The molecule has 5 nitrogen and oxygen atoms in total.